The van der Waals surface area contributed by atoms with Crippen LogP contribution in [0.1, 0.15) is 0 Å². The summed E-state index contributed by atoms with van der Waals surface area (Å²) in [6.07, 6.45) is 0. The summed E-state index contributed by atoms with van der Waals surface area (Å²) in [5.74, 6) is -1.07. The summed E-state index contributed by atoms with van der Waals surface area (Å²) in [7, 11) is 7.48. The molecule has 14 heteroatoms. The molecule has 274 valence electrons. The van der Waals surface area contributed by atoms with Crippen molar-refractivity contribution in [3.05, 3.63) is 121 Å². The highest BCUT2D eigenvalue weighted by Crippen LogP contribution is 2.49. The lowest BCUT2D eigenvalue weighted by Gasteiger charge is -2.54. The van der Waals surface area contributed by atoms with Crippen LogP contribution in [0, 0.1) is 0 Å². The minimum absolute atomic E-state index is 0.168. The van der Waals surface area contributed by atoms with Crippen LogP contribution in [-0.4, -0.2) is 65.3 Å². The van der Waals surface area contributed by atoms with Gasteiger partial charge in [-0.05, 0) is 121 Å². The van der Waals surface area contributed by atoms with Crippen molar-refractivity contribution in [2.45, 2.75) is 5.79 Å². The van der Waals surface area contributed by atoms with Crippen molar-refractivity contribution in [2.24, 2.45) is 0 Å². The molecule has 1 spiro atoms. The van der Waals surface area contributed by atoms with Crippen molar-refractivity contribution in [3.8, 4) is 28.7 Å². The SMILES string of the molecule is COc1ccc(N2C(=O)N(c3ccc(OC)cc3)C3(C(=O)N(c4ccc(OC)cc4)C(=O)N3c3ccc(OC)cc3)N(c3ccc(OC)cc3)C2=O)cc1. The molecule has 0 bridgehead atoms. The Balaban J connectivity index is 1.58. The van der Waals surface area contributed by atoms with Crippen molar-refractivity contribution in [2.75, 3.05) is 60.0 Å². The molecular weight excluding hydrogens is 694 g/mol. The van der Waals surface area contributed by atoms with E-state index in [1.54, 1.807) is 121 Å². The molecule has 5 aromatic rings. The van der Waals surface area contributed by atoms with E-state index in [1.807, 2.05) is 0 Å². The second-order valence-corrected chi connectivity index (χ2v) is 12.0. The van der Waals surface area contributed by atoms with Gasteiger partial charge in [0, 0.05) is 0 Å². The number of carbonyl (C=O) groups excluding carboxylic acids is 4. The molecule has 2 fully saturated rings. The molecule has 0 saturated carbocycles. The quantitative estimate of drug-likeness (QED) is 0.138. The third-order valence-corrected chi connectivity index (χ3v) is 9.23. The number of amides is 7. The summed E-state index contributed by atoms with van der Waals surface area (Å²) in [5, 5.41) is 0. The summed E-state index contributed by atoms with van der Waals surface area (Å²) in [5.41, 5.74) is 0.865. The fraction of sp³-hybridized carbons (Fsp3) is 0.150. The van der Waals surface area contributed by atoms with Gasteiger partial charge in [0.25, 0.3) is 5.79 Å². The van der Waals surface area contributed by atoms with Crippen LogP contribution in [0.5, 0.6) is 28.7 Å². The zero-order valence-electron chi connectivity index (χ0n) is 30.0. The first-order valence-electron chi connectivity index (χ1n) is 16.6. The van der Waals surface area contributed by atoms with Gasteiger partial charge in [-0.3, -0.25) is 4.79 Å². The maximum atomic E-state index is 15.7. The first-order valence-corrected chi connectivity index (χ1v) is 16.6. The molecule has 7 amide bonds. The zero-order valence-corrected chi connectivity index (χ0v) is 30.0. The van der Waals surface area contributed by atoms with Gasteiger partial charge in [0.1, 0.15) is 28.7 Å². The highest BCUT2D eigenvalue weighted by molar-refractivity contribution is 6.40. The highest BCUT2D eigenvalue weighted by Gasteiger charge is 2.72. The van der Waals surface area contributed by atoms with Crippen molar-refractivity contribution < 1.29 is 42.9 Å². The molecule has 0 N–H and O–H groups in total. The van der Waals surface area contributed by atoms with Crippen molar-refractivity contribution in [3.63, 3.8) is 0 Å². The molecule has 2 aliphatic rings. The second-order valence-electron chi connectivity index (χ2n) is 12.0. The molecule has 0 aromatic heterocycles. The smallest absolute Gasteiger partial charge is 0.341 e. The predicted octanol–water partition coefficient (Wildman–Crippen LogP) is 7.13. The van der Waals surface area contributed by atoms with E-state index >= 15 is 19.2 Å². The van der Waals surface area contributed by atoms with Crippen LogP contribution in [0.25, 0.3) is 0 Å². The fourth-order valence-corrected chi connectivity index (χ4v) is 6.58. The maximum absolute atomic E-state index is 15.7. The molecule has 2 heterocycles. The minimum Gasteiger partial charge on any atom is -0.497 e. The first-order chi connectivity index (χ1) is 26.2. The monoisotopic (exact) mass is 729 g/mol. The number of rotatable bonds is 10. The lowest BCUT2D eigenvalue weighted by Crippen LogP contribution is -2.82. The summed E-state index contributed by atoms with van der Waals surface area (Å²) >= 11 is 0. The number of ether oxygens (including phenoxy) is 5. The van der Waals surface area contributed by atoms with Crippen LogP contribution in [0.4, 0.5) is 42.8 Å². The molecule has 2 saturated heterocycles. The normalized spacial score (nSPS) is 15.2. The molecule has 5 aromatic carbocycles. The Hall–Kier alpha value is -7.22. The molecule has 0 radical (unpaired) electrons. The van der Waals surface area contributed by atoms with Crippen molar-refractivity contribution in [1.29, 1.82) is 0 Å². The third-order valence-electron chi connectivity index (χ3n) is 9.23. The lowest BCUT2D eigenvalue weighted by molar-refractivity contribution is -0.121. The molecule has 0 unspecified atom stereocenters. The third kappa shape index (κ3) is 5.51. The minimum atomic E-state index is -2.52. The van der Waals surface area contributed by atoms with E-state index in [4.69, 9.17) is 23.7 Å². The van der Waals surface area contributed by atoms with E-state index < -0.39 is 29.8 Å². The van der Waals surface area contributed by atoms with Crippen LogP contribution in [-0.2, 0) is 4.79 Å². The van der Waals surface area contributed by atoms with Crippen molar-refractivity contribution in [1.82, 2.24) is 0 Å². The Bertz CT molecular complexity index is 2130. The fourth-order valence-electron chi connectivity index (χ4n) is 6.58. The Morgan fingerprint density at radius 2 is 0.556 bits per heavy atom. The van der Waals surface area contributed by atoms with Gasteiger partial charge < -0.3 is 23.7 Å². The van der Waals surface area contributed by atoms with Gasteiger partial charge in [0.15, 0.2) is 0 Å². The Kier molecular flexibility index (Phi) is 9.17. The van der Waals surface area contributed by atoms with Gasteiger partial charge in [-0.2, -0.15) is 0 Å². The van der Waals surface area contributed by atoms with E-state index in [1.165, 1.54) is 35.5 Å². The van der Waals surface area contributed by atoms with Gasteiger partial charge >= 0.3 is 24.0 Å². The maximum Gasteiger partial charge on any atom is 0.341 e. The van der Waals surface area contributed by atoms with Crippen LogP contribution < -0.4 is 48.2 Å². The second kappa shape index (κ2) is 14.1. The van der Waals surface area contributed by atoms with E-state index in [-0.39, 0.29) is 28.4 Å². The Labute approximate surface area is 310 Å². The molecular formula is C40H35N5O9. The van der Waals surface area contributed by atoms with Gasteiger partial charge in [-0.15, -0.1) is 0 Å². The summed E-state index contributed by atoms with van der Waals surface area (Å²) in [6.45, 7) is 0. The molecule has 54 heavy (non-hydrogen) atoms. The average Bonchev–Trinajstić information content (AvgIpc) is 3.43. The molecule has 7 rings (SSSR count). The molecule has 0 atom stereocenters. The van der Waals surface area contributed by atoms with Gasteiger partial charge in [-0.25, -0.2) is 38.9 Å². The summed E-state index contributed by atoms with van der Waals surface area (Å²) in [6, 6.07) is 29.1. The number of hydrogen-bond donors (Lipinski definition) is 0. The van der Waals surface area contributed by atoms with E-state index in [0.29, 0.717) is 28.7 Å². The van der Waals surface area contributed by atoms with E-state index in [2.05, 4.69) is 0 Å². The number of nitrogens with zero attached hydrogens (tertiary/aromatic N) is 5. The number of benzene rings is 5. The Morgan fingerprint density at radius 3 is 0.815 bits per heavy atom. The molecule has 0 aliphatic carbocycles. The number of methoxy groups -OCH3 is 5. The van der Waals surface area contributed by atoms with Crippen LogP contribution >= 0.6 is 0 Å². The lowest BCUT2D eigenvalue weighted by atomic mass is 10.1. The largest absolute Gasteiger partial charge is 0.497 e. The number of hydrogen-bond acceptors (Lipinski definition) is 9. The topological polar surface area (TPSA) is 131 Å². The van der Waals surface area contributed by atoms with Crippen molar-refractivity contribution >= 4 is 52.4 Å². The first kappa shape index (κ1) is 35.2. The molecule has 2 aliphatic heterocycles. The highest BCUT2D eigenvalue weighted by atomic mass is 16.5. The Morgan fingerprint density at radius 1 is 0.333 bits per heavy atom. The standard InChI is InChI=1S/C40H35N5O9/c1-50-31-16-6-26(7-17-31)41-36(46)40(43(37(41)47)28-10-20-33(52-3)21-11-28)44(29-12-22-34(53-4)23-13-29)38(48)42(27-8-18-32(51-2)19-9-27)39(49)45(40)30-14-24-35(54-5)25-15-30/h6-25H,1-5H3. The average molecular weight is 730 g/mol. The molecule has 14 nitrogen and oxygen atoms in total. The number of anilines is 5. The predicted molar refractivity (Wildman–Crippen MR) is 201 cm³/mol. The summed E-state index contributed by atoms with van der Waals surface area (Å²) < 4.78 is 26.9. The zero-order chi connectivity index (χ0) is 38.1. The summed E-state index contributed by atoms with van der Waals surface area (Å²) in [4.78, 5) is 66.8. The number of imide groups is 2. The van der Waals surface area contributed by atoms with Crippen LogP contribution in [0.2, 0.25) is 0 Å². The number of carbonyl (C=O) groups is 4. The van der Waals surface area contributed by atoms with Gasteiger partial charge in [0.2, 0.25) is 0 Å². The van der Waals surface area contributed by atoms with E-state index in [0.717, 1.165) is 24.5 Å². The van der Waals surface area contributed by atoms with Gasteiger partial charge in [-0.1, -0.05) is 0 Å². The van der Waals surface area contributed by atoms with Crippen LogP contribution in [0.3, 0.4) is 0 Å². The van der Waals surface area contributed by atoms with E-state index in [9.17, 15) is 0 Å². The van der Waals surface area contributed by atoms with Crippen LogP contribution in [0.15, 0.2) is 121 Å². The number of urea groups is 3. The van der Waals surface area contributed by atoms with Gasteiger partial charge in [0.05, 0.1) is 64.0 Å².